The molecule has 0 aliphatic rings. The third-order valence-electron chi connectivity index (χ3n) is 2.30. The Morgan fingerprint density at radius 3 is 3.00 bits per heavy atom. The van der Waals surface area contributed by atoms with Gasteiger partial charge in [0.2, 0.25) is 0 Å². The monoisotopic (exact) mass is 244 g/mol. The van der Waals surface area contributed by atoms with Crippen LogP contribution in [-0.4, -0.2) is 16.7 Å². The molecule has 4 nitrogen and oxygen atoms in total. The molecule has 5 heteroatoms. The Labute approximate surface area is 104 Å². The molecule has 2 aromatic rings. The van der Waals surface area contributed by atoms with E-state index in [4.69, 9.17) is 11.0 Å². The summed E-state index contributed by atoms with van der Waals surface area (Å²) in [4.78, 5) is 0. The first-order valence-corrected chi connectivity index (χ1v) is 6.18. The van der Waals surface area contributed by atoms with Crippen molar-refractivity contribution in [3.63, 3.8) is 0 Å². The first-order chi connectivity index (χ1) is 8.33. The molecule has 1 aromatic heterocycles. The van der Waals surface area contributed by atoms with Gasteiger partial charge in [0.15, 0.2) is 0 Å². The van der Waals surface area contributed by atoms with Gasteiger partial charge in [-0.1, -0.05) is 23.5 Å². The summed E-state index contributed by atoms with van der Waals surface area (Å²) in [7, 11) is 0. The van der Waals surface area contributed by atoms with Crippen molar-refractivity contribution >= 4 is 11.3 Å². The van der Waals surface area contributed by atoms with Gasteiger partial charge in [0.05, 0.1) is 11.6 Å². The highest BCUT2D eigenvalue weighted by Gasteiger charge is 2.06. The van der Waals surface area contributed by atoms with Crippen molar-refractivity contribution < 1.29 is 0 Å². The number of aromatic nitrogens is 2. The maximum atomic E-state index is 8.83. The van der Waals surface area contributed by atoms with Gasteiger partial charge in [0, 0.05) is 12.0 Å². The van der Waals surface area contributed by atoms with Gasteiger partial charge < -0.3 is 5.73 Å². The zero-order chi connectivity index (χ0) is 12.1. The standard InChI is InChI=1S/C12H12N4S/c13-6-2-5-11-15-16-12(17-11)10-4-1-3-9(7-10)8-14/h1,3-4,7H,2,5-6,13H2. The quantitative estimate of drug-likeness (QED) is 0.892. The third-order valence-corrected chi connectivity index (χ3v) is 3.33. The first kappa shape index (κ1) is 11.7. The van der Waals surface area contributed by atoms with E-state index in [2.05, 4.69) is 16.3 Å². The second-order valence-electron chi connectivity index (χ2n) is 3.59. The number of nitrogens with zero attached hydrogens (tertiary/aromatic N) is 3. The minimum absolute atomic E-state index is 0.640. The molecular formula is C12H12N4S. The third kappa shape index (κ3) is 2.87. The van der Waals surface area contributed by atoms with Crippen molar-refractivity contribution in [3.8, 4) is 16.6 Å². The number of nitrogens with two attached hydrogens (primary N) is 1. The Morgan fingerprint density at radius 1 is 1.35 bits per heavy atom. The minimum Gasteiger partial charge on any atom is -0.330 e. The highest BCUT2D eigenvalue weighted by Crippen LogP contribution is 2.24. The van der Waals surface area contributed by atoms with Crippen molar-refractivity contribution in [1.29, 1.82) is 5.26 Å². The fraction of sp³-hybridized carbons (Fsp3) is 0.250. The van der Waals surface area contributed by atoms with Crippen LogP contribution in [0, 0.1) is 11.3 Å². The van der Waals surface area contributed by atoms with Crippen LogP contribution in [0.15, 0.2) is 24.3 Å². The second-order valence-corrected chi connectivity index (χ2v) is 4.65. The molecule has 2 rings (SSSR count). The number of hydrogen-bond acceptors (Lipinski definition) is 5. The predicted octanol–water partition coefficient (Wildman–Crippen LogP) is 1.97. The van der Waals surface area contributed by atoms with Crippen LogP contribution < -0.4 is 5.73 Å². The fourth-order valence-corrected chi connectivity index (χ4v) is 2.32. The largest absolute Gasteiger partial charge is 0.330 e. The summed E-state index contributed by atoms with van der Waals surface area (Å²) in [5.41, 5.74) is 7.04. The summed E-state index contributed by atoms with van der Waals surface area (Å²) in [5.74, 6) is 0. The summed E-state index contributed by atoms with van der Waals surface area (Å²) in [6, 6.07) is 9.52. The molecule has 17 heavy (non-hydrogen) atoms. The summed E-state index contributed by atoms with van der Waals surface area (Å²) >= 11 is 1.56. The van der Waals surface area contributed by atoms with Crippen LogP contribution in [0.5, 0.6) is 0 Å². The molecule has 0 saturated heterocycles. The summed E-state index contributed by atoms with van der Waals surface area (Å²) in [6.07, 6.45) is 1.79. The Kier molecular flexibility index (Phi) is 3.81. The molecule has 0 atom stereocenters. The summed E-state index contributed by atoms with van der Waals surface area (Å²) < 4.78 is 0. The van der Waals surface area contributed by atoms with Crippen LogP contribution >= 0.6 is 11.3 Å². The van der Waals surface area contributed by atoms with E-state index in [9.17, 15) is 0 Å². The van der Waals surface area contributed by atoms with Gasteiger partial charge in [-0.15, -0.1) is 10.2 Å². The van der Waals surface area contributed by atoms with Crippen LogP contribution in [0.25, 0.3) is 10.6 Å². The van der Waals surface area contributed by atoms with Gasteiger partial charge in [-0.25, -0.2) is 0 Å². The van der Waals surface area contributed by atoms with Crippen molar-refractivity contribution in [2.75, 3.05) is 6.54 Å². The van der Waals surface area contributed by atoms with E-state index in [1.165, 1.54) is 0 Å². The molecule has 0 aliphatic carbocycles. The normalized spacial score (nSPS) is 10.1. The first-order valence-electron chi connectivity index (χ1n) is 5.36. The highest BCUT2D eigenvalue weighted by atomic mass is 32.1. The molecule has 0 amide bonds. The minimum atomic E-state index is 0.640. The molecule has 86 valence electrons. The van der Waals surface area contributed by atoms with Crippen LogP contribution in [0.1, 0.15) is 17.0 Å². The van der Waals surface area contributed by atoms with Crippen molar-refractivity contribution in [2.45, 2.75) is 12.8 Å². The zero-order valence-corrected chi connectivity index (χ0v) is 10.1. The van der Waals surface area contributed by atoms with E-state index in [0.717, 1.165) is 28.4 Å². The fourth-order valence-electron chi connectivity index (χ4n) is 1.45. The zero-order valence-electron chi connectivity index (χ0n) is 9.26. The van der Waals surface area contributed by atoms with E-state index in [-0.39, 0.29) is 0 Å². The molecule has 0 aliphatic heterocycles. The SMILES string of the molecule is N#Cc1cccc(-c2nnc(CCCN)s2)c1. The molecule has 0 saturated carbocycles. The van der Waals surface area contributed by atoms with E-state index >= 15 is 0 Å². The lowest BCUT2D eigenvalue weighted by Crippen LogP contribution is -1.99. The Morgan fingerprint density at radius 2 is 2.24 bits per heavy atom. The van der Waals surface area contributed by atoms with E-state index < -0.39 is 0 Å². The van der Waals surface area contributed by atoms with Gasteiger partial charge in [0.1, 0.15) is 10.0 Å². The molecule has 0 bridgehead atoms. The van der Waals surface area contributed by atoms with Crippen molar-refractivity contribution in [1.82, 2.24) is 10.2 Å². The smallest absolute Gasteiger partial charge is 0.147 e. The molecule has 2 N–H and O–H groups in total. The molecule has 0 fully saturated rings. The summed E-state index contributed by atoms with van der Waals surface area (Å²) in [6.45, 7) is 0.666. The Hall–Kier alpha value is -1.77. The number of benzene rings is 1. The number of rotatable bonds is 4. The Balaban J connectivity index is 2.21. The number of aryl methyl sites for hydroxylation is 1. The molecule has 0 unspecified atom stereocenters. The number of hydrogen-bond donors (Lipinski definition) is 1. The number of nitriles is 1. The van der Waals surface area contributed by atoms with Gasteiger partial charge in [0.25, 0.3) is 0 Å². The van der Waals surface area contributed by atoms with E-state index in [1.54, 1.807) is 17.4 Å². The van der Waals surface area contributed by atoms with Gasteiger partial charge in [-0.2, -0.15) is 5.26 Å². The maximum Gasteiger partial charge on any atom is 0.147 e. The van der Waals surface area contributed by atoms with Gasteiger partial charge in [-0.3, -0.25) is 0 Å². The van der Waals surface area contributed by atoms with Crippen LogP contribution in [0.4, 0.5) is 0 Å². The van der Waals surface area contributed by atoms with Gasteiger partial charge in [-0.05, 0) is 25.1 Å². The molecule has 0 spiro atoms. The highest BCUT2D eigenvalue weighted by molar-refractivity contribution is 7.14. The summed E-state index contributed by atoms with van der Waals surface area (Å²) in [5, 5.41) is 18.9. The van der Waals surface area contributed by atoms with Crippen molar-refractivity contribution in [3.05, 3.63) is 34.8 Å². The van der Waals surface area contributed by atoms with Crippen LogP contribution in [0.2, 0.25) is 0 Å². The average molecular weight is 244 g/mol. The maximum absolute atomic E-state index is 8.83. The van der Waals surface area contributed by atoms with Gasteiger partial charge >= 0.3 is 0 Å². The lowest BCUT2D eigenvalue weighted by atomic mass is 10.1. The van der Waals surface area contributed by atoms with Crippen LogP contribution in [-0.2, 0) is 6.42 Å². The van der Waals surface area contributed by atoms with Crippen LogP contribution in [0.3, 0.4) is 0 Å². The van der Waals surface area contributed by atoms with Crippen molar-refractivity contribution in [2.24, 2.45) is 5.73 Å². The molecular weight excluding hydrogens is 232 g/mol. The predicted molar refractivity (Wildman–Crippen MR) is 67.4 cm³/mol. The lowest BCUT2D eigenvalue weighted by Gasteiger charge is -1.94. The van der Waals surface area contributed by atoms with E-state index in [0.29, 0.717) is 12.1 Å². The second kappa shape index (κ2) is 5.53. The Bertz CT molecular complexity index is 541. The molecule has 1 aromatic carbocycles. The lowest BCUT2D eigenvalue weighted by molar-refractivity contribution is 0.812. The topological polar surface area (TPSA) is 75.6 Å². The molecule has 1 heterocycles. The average Bonchev–Trinajstić information content (AvgIpc) is 2.85. The van der Waals surface area contributed by atoms with E-state index in [1.807, 2.05) is 18.2 Å². The molecule has 0 radical (unpaired) electrons.